The van der Waals surface area contributed by atoms with Crippen molar-refractivity contribution in [1.29, 1.82) is 5.26 Å². The lowest BCUT2D eigenvalue weighted by atomic mass is 10.1. The average molecular weight is 296 g/mol. The first kappa shape index (κ1) is 15.3. The second-order valence-electron chi connectivity index (χ2n) is 4.47. The zero-order chi connectivity index (χ0) is 15.9. The summed E-state index contributed by atoms with van der Waals surface area (Å²) in [7, 11) is 0. The van der Waals surface area contributed by atoms with Gasteiger partial charge in [0.2, 0.25) is 0 Å². The fraction of sp³-hybridized carbons (Fsp3) is 0.188. The molecule has 0 radical (unpaired) electrons. The third-order valence-electron chi connectivity index (χ3n) is 2.98. The molecule has 0 saturated carbocycles. The molecule has 22 heavy (non-hydrogen) atoms. The summed E-state index contributed by atoms with van der Waals surface area (Å²) in [6.07, 6.45) is 1.31. The molecule has 0 atom stereocenters. The summed E-state index contributed by atoms with van der Waals surface area (Å²) >= 11 is 0. The third kappa shape index (κ3) is 3.33. The van der Waals surface area contributed by atoms with Gasteiger partial charge in [-0.1, -0.05) is 30.3 Å². The van der Waals surface area contributed by atoms with Gasteiger partial charge >= 0.3 is 5.97 Å². The number of hydrogen-bond donors (Lipinski definition) is 2. The maximum atomic E-state index is 11.6. The predicted molar refractivity (Wildman–Crippen MR) is 82.7 cm³/mol. The molecule has 2 aromatic rings. The number of esters is 1. The first-order valence-corrected chi connectivity index (χ1v) is 6.81. The minimum atomic E-state index is -0.661. The molecule has 0 saturated heterocycles. The average Bonchev–Trinajstić information content (AvgIpc) is 2.90. The van der Waals surface area contributed by atoms with Gasteiger partial charge < -0.3 is 10.1 Å². The van der Waals surface area contributed by atoms with Gasteiger partial charge in [0, 0.05) is 17.5 Å². The van der Waals surface area contributed by atoms with Crippen molar-refractivity contribution in [3.05, 3.63) is 47.8 Å². The van der Waals surface area contributed by atoms with Crippen LogP contribution in [0.15, 0.2) is 42.1 Å². The van der Waals surface area contributed by atoms with Gasteiger partial charge in [0.05, 0.1) is 6.61 Å². The zero-order valence-corrected chi connectivity index (χ0v) is 12.4. The number of ether oxygens (including phenoxy) is 1. The van der Waals surface area contributed by atoms with Crippen LogP contribution in [-0.2, 0) is 9.53 Å². The molecule has 0 amide bonds. The molecule has 6 nitrogen and oxygen atoms in total. The van der Waals surface area contributed by atoms with E-state index >= 15 is 0 Å². The molecule has 0 unspecified atom stereocenters. The molecule has 0 aliphatic carbocycles. The summed E-state index contributed by atoms with van der Waals surface area (Å²) in [4.78, 5) is 11.6. The van der Waals surface area contributed by atoms with Crippen molar-refractivity contribution in [1.82, 2.24) is 10.2 Å². The van der Waals surface area contributed by atoms with Crippen molar-refractivity contribution in [2.24, 2.45) is 0 Å². The molecule has 0 bridgehead atoms. The molecule has 1 heterocycles. The van der Waals surface area contributed by atoms with Crippen LogP contribution >= 0.6 is 0 Å². The Bertz CT molecular complexity index is 726. The number of carbonyl (C=O) groups is 1. The molecular formula is C16H16N4O2. The Balaban J connectivity index is 2.28. The maximum Gasteiger partial charge on any atom is 0.350 e. The van der Waals surface area contributed by atoms with E-state index in [9.17, 15) is 4.79 Å². The van der Waals surface area contributed by atoms with Crippen LogP contribution in [0.3, 0.4) is 0 Å². The van der Waals surface area contributed by atoms with Crippen molar-refractivity contribution >= 4 is 11.8 Å². The van der Waals surface area contributed by atoms with Gasteiger partial charge in [0.15, 0.2) is 11.4 Å². The zero-order valence-electron chi connectivity index (χ0n) is 12.4. The number of nitriles is 1. The van der Waals surface area contributed by atoms with Gasteiger partial charge in [0.25, 0.3) is 0 Å². The van der Waals surface area contributed by atoms with Gasteiger partial charge in [-0.25, -0.2) is 4.79 Å². The highest BCUT2D eigenvalue weighted by Gasteiger charge is 2.13. The van der Waals surface area contributed by atoms with E-state index in [2.05, 4.69) is 15.5 Å². The highest BCUT2D eigenvalue weighted by molar-refractivity contribution is 5.93. The lowest BCUT2D eigenvalue weighted by Gasteiger charge is -2.04. The smallest absolute Gasteiger partial charge is 0.350 e. The molecular weight excluding hydrogens is 280 g/mol. The Labute approximate surface area is 128 Å². The number of rotatable bonds is 5. The minimum Gasteiger partial charge on any atom is -0.462 e. The second-order valence-corrected chi connectivity index (χ2v) is 4.47. The van der Waals surface area contributed by atoms with E-state index in [4.69, 9.17) is 10.00 Å². The SMILES string of the molecule is CCOC(=O)C(C#N)=CNc1n[nH]c(C)c1-c1ccccc1. The summed E-state index contributed by atoms with van der Waals surface area (Å²) in [5, 5.41) is 19.0. The van der Waals surface area contributed by atoms with Crippen LogP contribution in [-0.4, -0.2) is 22.8 Å². The fourth-order valence-corrected chi connectivity index (χ4v) is 1.98. The largest absolute Gasteiger partial charge is 0.462 e. The number of carbonyl (C=O) groups excluding carboxylic acids is 1. The molecule has 6 heteroatoms. The number of aryl methyl sites for hydroxylation is 1. The Morgan fingerprint density at radius 2 is 2.18 bits per heavy atom. The van der Waals surface area contributed by atoms with Crippen LogP contribution in [0.4, 0.5) is 5.82 Å². The first-order chi connectivity index (χ1) is 10.7. The number of aromatic nitrogens is 2. The summed E-state index contributed by atoms with van der Waals surface area (Å²) in [5.41, 5.74) is 2.65. The van der Waals surface area contributed by atoms with Crippen LogP contribution in [0.5, 0.6) is 0 Å². The number of H-pyrrole nitrogens is 1. The van der Waals surface area contributed by atoms with E-state index in [1.54, 1.807) is 6.92 Å². The minimum absolute atomic E-state index is 0.110. The predicted octanol–water partition coefficient (Wildman–Crippen LogP) is 2.77. The molecule has 0 aliphatic rings. The Morgan fingerprint density at radius 3 is 2.82 bits per heavy atom. The van der Waals surface area contributed by atoms with E-state index in [0.29, 0.717) is 5.82 Å². The van der Waals surface area contributed by atoms with Crippen molar-refractivity contribution in [3.63, 3.8) is 0 Å². The van der Waals surface area contributed by atoms with Crippen LogP contribution in [0.2, 0.25) is 0 Å². The maximum absolute atomic E-state index is 11.6. The van der Waals surface area contributed by atoms with Gasteiger partial charge in [0.1, 0.15) is 6.07 Å². The Kier molecular flexibility index (Phi) is 4.94. The van der Waals surface area contributed by atoms with E-state index in [0.717, 1.165) is 16.8 Å². The molecule has 112 valence electrons. The van der Waals surface area contributed by atoms with Gasteiger partial charge in [-0.3, -0.25) is 5.10 Å². The first-order valence-electron chi connectivity index (χ1n) is 6.81. The van der Waals surface area contributed by atoms with Crippen LogP contribution < -0.4 is 5.32 Å². The van der Waals surface area contributed by atoms with Gasteiger partial charge in [-0.2, -0.15) is 10.4 Å². The van der Waals surface area contributed by atoms with Crippen molar-refractivity contribution in [3.8, 4) is 17.2 Å². The number of nitrogens with zero attached hydrogens (tertiary/aromatic N) is 2. The summed E-state index contributed by atoms with van der Waals surface area (Å²) in [5.74, 6) is -0.119. The van der Waals surface area contributed by atoms with Gasteiger partial charge in [-0.05, 0) is 19.4 Å². The van der Waals surface area contributed by atoms with E-state index in [-0.39, 0.29) is 12.2 Å². The van der Waals surface area contributed by atoms with E-state index in [1.165, 1.54) is 6.20 Å². The fourth-order valence-electron chi connectivity index (χ4n) is 1.98. The highest BCUT2D eigenvalue weighted by Crippen LogP contribution is 2.29. The highest BCUT2D eigenvalue weighted by atomic mass is 16.5. The molecule has 1 aromatic heterocycles. The second kappa shape index (κ2) is 7.09. The lowest BCUT2D eigenvalue weighted by Crippen LogP contribution is -2.08. The molecule has 0 fully saturated rings. The van der Waals surface area contributed by atoms with Crippen molar-refractivity contribution in [2.45, 2.75) is 13.8 Å². The molecule has 0 spiro atoms. The van der Waals surface area contributed by atoms with Crippen LogP contribution in [0, 0.1) is 18.3 Å². The normalized spacial score (nSPS) is 10.9. The number of aromatic amines is 1. The van der Waals surface area contributed by atoms with Crippen LogP contribution in [0.25, 0.3) is 11.1 Å². The quantitative estimate of drug-likeness (QED) is 0.503. The standard InChI is InChI=1S/C16H16N4O2/c1-3-22-16(21)13(9-17)10-18-15-14(11(2)19-20-15)12-7-5-4-6-8-12/h4-8,10H,3H2,1-2H3,(H2,18,19,20). The summed E-state index contributed by atoms with van der Waals surface area (Å²) < 4.78 is 4.81. The Hall–Kier alpha value is -3.07. The van der Waals surface area contributed by atoms with E-state index in [1.807, 2.05) is 43.3 Å². The van der Waals surface area contributed by atoms with Crippen molar-refractivity contribution < 1.29 is 9.53 Å². The third-order valence-corrected chi connectivity index (χ3v) is 2.98. The summed E-state index contributed by atoms with van der Waals surface area (Å²) in [6, 6.07) is 11.5. The summed E-state index contributed by atoms with van der Waals surface area (Å²) in [6.45, 7) is 3.81. The van der Waals surface area contributed by atoms with Gasteiger partial charge in [-0.15, -0.1) is 0 Å². The number of benzene rings is 1. The number of hydrogen-bond acceptors (Lipinski definition) is 5. The molecule has 1 aromatic carbocycles. The Morgan fingerprint density at radius 1 is 1.45 bits per heavy atom. The number of anilines is 1. The monoisotopic (exact) mass is 296 g/mol. The van der Waals surface area contributed by atoms with E-state index < -0.39 is 5.97 Å². The van der Waals surface area contributed by atoms with Crippen LogP contribution in [0.1, 0.15) is 12.6 Å². The molecule has 2 rings (SSSR count). The number of nitrogens with one attached hydrogen (secondary N) is 2. The topological polar surface area (TPSA) is 90.8 Å². The lowest BCUT2D eigenvalue weighted by molar-refractivity contribution is -0.138. The van der Waals surface area contributed by atoms with Crippen molar-refractivity contribution in [2.75, 3.05) is 11.9 Å². The molecule has 0 aliphatic heterocycles. The molecule has 2 N–H and O–H groups in total.